The van der Waals surface area contributed by atoms with E-state index < -0.39 is 5.97 Å². The minimum atomic E-state index is -1.05. The van der Waals surface area contributed by atoms with Crippen LogP contribution in [0.2, 0.25) is 0 Å². The molecule has 6 nitrogen and oxygen atoms in total. The van der Waals surface area contributed by atoms with Crippen molar-refractivity contribution in [2.24, 2.45) is 5.92 Å². The van der Waals surface area contributed by atoms with Crippen LogP contribution in [0.1, 0.15) is 28.9 Å². The third-order valence-corrected chi connectivity index (χ3v) is 3.18. The average molecular weight is 263 g/mol. The number of carbonyl (C=O) groups excluding carboxylic acids is 1. The molecule has 0 saturated carbocycles. The lowest BCUT2D eigenvalue weighted by atomic mass is 9.99. The van der Waals surface area contributed by atoms with Crippen LogP contribution in [0, 0.1) is 5.92 Å². The molecule has 0 bridgehead atoms. The van der Waals surface area contributed by atoms with Crippen LogP contribution in [-0.2, 0) is 11.3 Å². The number of carbonyl (C=O) groups is 2. The molecule has 1 amide bonds. The number of carboxylic acid groups (broad SMARTS) is 1. The molecule has 1 saturated heterocycles. The summed E-state index contributed by atoms with van der Waals surface area (Å²) in [5.41, 5.74) is 0.800. The molecule has 0 aliphatic carbocycles. The van der Waals surface area contributed by atoms with Gasteiger partial charge in [-0.05, 0) is 31.0 Å². The molecule has 1 fully saturated rings. The van der Waals surface area contributed by atoms with Crippen molar-refractivity contribution in [1.82, 2.24) is 15.6 Å². The monoisotopic (exact) mass is 263 g/mol. The molecule has 2 heterocycles. The lowest BCUT2D eigenvalue weighted by Crippen LogP contribution is -2.40. The number of nitrogens with one attached hydrogen (secondary N) is 2. The Morgan fingerprint density at radius 2 is 2.32 bits per heavy atom. The molecule has 19 heavy (non-hydrogen) atoms. The van der Waals surface area contributed by atoms with E-state index in [1.165, 1.54) is 12.3 Å². The molecule has 1 aliphatic rings. The van der Waals surface area contributed by atoms with E-state index in [2.05, 4.69) is 15.6 Å². The van der Waals surface area contributed by atoms with Gasteiger partial charge < -0.3 is 15.7 Å². The van der Waals surface area contributed by atoms with E-state index >= 15 is 0 Å². The van der Waals surface area contributed by atoms with Crippen molar-refractivity contribution in [2.75, 3.05) is 13.1 Å². The Morgan fingerprint density at radius 1 is 1.47 bits per heavy atom. The van der Waals surface area contributed by atoms with Gasteiger partial charge in [-0.1, -0.05) is 6.07 Å². The van der Waals surface area contributed by atoms with Crippen LogP contribution in [0.4, 0.5) is 0 Å². The van der Waals surface area contributed by atoms with Gasteiger partial charge in [0.1, 0.15) is 5.69 Å². The van der Waals surface area contributed by atoms with Gasteiger partial charge in [0.2, 0.25) is 5.91 Å². The molecule has 0 unspecified atom stereocenters. The number of amides is 1. The number of carboxylic acids is 1. The summed E-state index contributed by atoms with van der Waals surface area (Å²) in [7, 11) is 0. The number of aromatic nitrogens is 1. The summed E-state index contributed by atoms with van der Waals surface area (Å²) >= 11 is 0. The van der Waals surface area contributed by atoms with Crippen LogP contribution in [0.3, 0.4) is 0 Å². The van der Waals surface area contributed by atoms with E-state index in [0.29, 0.717) is 6.54 Å². The van der Waals surface area contributed by atoms with Crippen LogP contribution >= 0.6 is 0 Å². The number of pyridine rings is 1. The van der Waals surface area contributed by atoms with E-state index in [9.17, 15) is 9.59 Å². The Labute approximate surface area is 111 Å². The first-order valence-electron chi connectivity index (χ1n) is 6.33. The van der Waals surface area contributed by atoms with E-state index in [4.69, 9.17) is 5.11 Å². The predicted molar refractivity (Wildman–Crippen MR) is 68.6 cm³/mol. The van der Waals surface area contributed by atoms with Crippen LogP contribution in [0.25, 0.3) is 0 Å². The lowest BCUT2D eigenvalue weighted by molar-refractivity contribution is -0.125. The molecule has 102 valence electrons. The van der Waals surface area contributed by atoms with Crippen molar-refractivity contribution in [3.63, 3.8) is 0 Å². The first kappa shape index (κ1) is 13.5. The molecule has 1 aromatic heterocycles. The Hall–Kier alpha value is -1.95. The average Bonchev–Trinajstić information content (AvgIpc) is 2.46. The van der Waals surface area contributed by atoms with Gasteiger partial charge in [0.05, 0.1) is 5.92 Å². The van der Waals surface area contributed by atoms with Crippen molar-refractivity contribution in [1.29, 1.82) is 0 Å². The Morgan fingerprint density at radius 3 is 2.89 bits per heavy atom. The number of nitrogens with zero attached hydrogens (tertiary/aromatic N) is 1. The van der Waals surface area contributed by atoms with Gasteiger partial charge in [-0.3, -0.25) is 4.79 Å². The highest BCUT2D eigenvalue weighted by Crippen LogP contribution is 2.10. The van der Waals surface area contributed by atoms with Crippen LogP contribution < -0.4 is 10.6 Å². The Bertz CT molecular complexity index is 453. The molecule has 0 radical (unpaired) electrons. The van der Waals surface area contributed by atoms with Gasteiger partial charge in [-0.15, -0.1) is 0 Å². The van der Waals surface area contributed by atoms with E-state index in [-0.39, 0.29) is 17.5 Å². The number of hydrogen-bond acceptors (Lipinski definition) is 4. The van der Waals surface area contributed by atoms with Crippen LogP contribution in [0.15, 0.2) is 18.3 Å². The standard InChI is InChI=1S/C13H17N3O3/c17-12(10-2-1-5-14-8-10)16-7-9-3-4-11(13(18)19)15-6-9/h3-4,6,10,14H,1-2,5,7-8H2,(H,16,17)(H,18,19)/t10-/m1/s1. The molecule has 0 spiro atoms. The molecule has 0 aromatic carbocycles. The largest absolute Gasteiger partial charge is 0.477 e. The summed E-state index contributed by atoms with van der Waals surface area (Å²) in [5, 5.41) is 14.8. The summed E-state index contributed by atoms with van der Waals surface area (Å²) in [4.78, 5) is 26.3. The number of rotatable bonds is 4. The highest BCUT2D eigenvalue weighted by Gasteiger charge is 2.20. The van der Waals surface area contributed by atoms with E-state index in [1.807, 2.05) is 0 Å². The normalized spacial score (nSPS) is 18.8. The summed E-state index contributed by atoms with van der Waals surface area (Å²) in [5.74, 6) is -0.988. The maximum Gasteiger partial charge on any atom is 0.354 e. The van der Waals surface area contributed by atoms with Gasteiger partial charge in [0.15, 0.2) is 0 Å². The second kappa shape index (κ2) is 6.29. The van der Waals surface area contributed by atoms with Gasteiger partial charge in [-0.25, -0.2) is 9.78 Å². The minimum Gasteiger partial charge on any atom is -0.477 e. The molecule has 6 heteroatoms. The number of piperidine rings is 1. The summed E-state index contributed by atoms with van der Waals surface area (Å²) in [6.45, 7) is 2.08. The van der Waals surface area contributed by atoms with Crippen molar-refractivity contribution < 1.29 is 14.7 Å². The topological polar surface area (TPSA) is 91.3 Å². The third-order valence-electron chi connectivity index (χ3n) is 3.18. The van der Waals surface area contributed by atoms with E-state index in [0.717, 1.165) is 31.5 Å². The zero-order valence-corrected chi connectivity index (χ0v) is 10.6. The van der Waals surface area contributed by atoms with Gasteiger partial charge in [-0.2, -0.15) is 0 Å². The predicted octanol–water partition coefficient (Wildman–Crippen LogP) is 0.396. The zero-order chi connectivity index (χ0) is 13.7. The second-order valence-corrected chi connectivity index (χ2v) is 4.62. The van der Waals surface area contributed by atoms with Crippen LogP contribution in [-0.4, -0.2) is 35.1 Å². The van der Waals surface area contributed by atoms with Crippen molar-refractivity contribution in [3.8, 4) is 0 Å². The molecule has 1 aliphatic heterocycles. The fourth-order valence-electron chi connectivity index (χ4n) is 2.06. The minimum absolute atomic E-state index is 0.00607. The van der Waals surface area contributed by atoms with Gasteiger partial charge in [0, 0.05) is 19.3 Å². The van der Waals surface area contributed by atoms with Crippen LogP contribution in [0.5, 0.6) is 0 Å². The van der Waals surface area contributed by atoms with Gasteiger partial charge >= 0.3 is 5.97 Å². The lowest BCUT2D eigenvalue weighted by Gasteiger charge is -2.21. The second-order valence-electron chi connectivity index (χ2n) is 4.62. The van der Waals surface area contributed by atoms with Crippen molar-refractivity contribution >= 4 is 11.9 Å². The fourth-order valence-corrected chi connectivity index (χ4v) is 2.06. The fraction of sp³-hybridized carbons (Fsp3) is 0.462. The summed E-state index contributed by atoms with van der Waals surface area (Å²) < 4.78 is 0. The quantitative estimate of drug-likeness (QED) is 0.731. The highest BCUT2D eigenvalue weighted by atomic mass is 16.4. The maximum absolute atomic E-state index is 11.9. The molecule has 1 atom stereocenters. The SMILES string of the molecule is O=C(O)c1ccc(CNC(=O)[C@@H]2CCCNC2)cn1. The number of aromatic carboxylic acids is 1. The summed E-state index contributed by atoms with van der Waals surface area (Å²) in [6, 6.07) is 3.10. The molecule has 2 rings (SSSR count). The summed E-state index contributed by atoms with van der Waals surface area (Å²) in [6.07, 6.45) is 3.41. The molecular formula is C13H17N3O3. The maximum atomic E-state index is 11.9. The van der Waals surface area contributed by atoms with Crippen molar-refractivity contribution in [3.05, 3.63) is 29.6 Å². The molecular weight excluding hydrogens is 246 g/mol. The molecule has 3 N–H and O–H groups in total. The Balaban J connectivity index is 1.84. The first-order chi connectivity index (χ1) is 9.16. The smallest absolute Gasteiger partial charge is 0.354 e. The van der Waals surface area contributed by atoms with Crippen molar-refractivity contribution in [2.45, 2.75) is 19.4 Å². The Kier molecular flexibility index (Phi) is 4.46. The zero-order valence-electron chi connectivity index (χ0n) is 10.6. The molecule has 1 aromatic rings. The third kappa shape index (κ3) is 3.75. The first-order valence-corrected chi connectivity index (χ1v) is 6.33. The van der Waals surface area contributed by atoms with Gasteiger partial charge in [0.25, 0.3) is 0 Å². The number of hydrogen-bond donors (Lipinski definition) is 3. The highest BCUT2D eigenvalue weighted by molar-refractivity contribution is 5.85. The van der Waals surface area contributed by atoms with E-state index in [1.54, 1.807) is 6.07 Å².